The molecule has 126 valence electrons. The van der Waals surface area contributed by atoms with Crippen LogP contribution in [0.15, 0.2) is 24.3 Å². The van der Waals surface area contributed by atoms with Gasteiger partial charge in [-0.2, -0.15) is 0 Å². The lowest BCUT2D eigenvalue weighted by Gasteiger charge is -2.17. The summed E-state index contributed by atoms with van der Waals surface area (Å²) in [5, 5.41) is 14.4. The van der Waals surface area contributed by atoms with E-state index in [0.717, 1.165) is 6.54 Å². The number of hydrogen-bond donors (Lipinski definition) is 1. The summed E-state index contributed by atoms with van der Waals surface area (Å²) in [4.78, 5) is 1.85. The summed E-state index contributed by atoms with van der Waals surface area (Å²) in [5.41, 5.74) is 0.599. The SMILES string of the molecule is CNCCN(C)c1nnnn1Cc1cccc(OC(F)(F)F)c1. The maximum atomic E-state index is 12.3. The van der Waals surface area contributed by atoms with Crippen LogP contribution in [0, 0.1) is 0 Å². The van der Waals surface area contributed by atoms with Crippen molar-refractivity contribution in [2.75, 3.05) is 32.1 Å². The molecule has 1 aromatic carbocycles. The molecule has 1 heterocycles. The number of rotatable bonds is 7. The van der Waals surface area contributed by atoms with Crippen LogP contribution < -0.4 is 15.0 Å². The van der Waals surface area contributed by atoms with E-state index < -0.39 is 6.36 Å². The number of benzene rings is 1. The first-order chi connectivity index (χ1) is 10.9. The van der Waals surface area contributed by atoms with Crippen molar-refractivity contribution in [3.8, 4) is 5.75 Å². The molecule has 2 rings (SSSR count). The molecule has 1 N–H and O–H groups in total. The molecule has 0 saturated carbocycles. The molecule has 0 amide bonds. The average molecular weight is 330 g/mol. The van der Waals surface area contributed by atoms with Gasteiger partial charge in [0.2, 0.25) is 5.95 Å². The Bertz CT molecular complexity index is 630. The Labute approximate surface area is 131 Å². The van der Waals surface area contributed by atoms with E-state index in [1.807, 2.05) is 19.0 Å². The van der Waals surface area contributed by atoms with Crippen LogP contribution in [0.4, 0.5) is 19.1 Å². The van der Waals surface area contributed by atoms with Crippen molar-refractivity contribution in [2.24, 2.45) is 0 Å². The lowest BCUT2D eigenvalue weighted by molar-refractivity contribution is -0.274. The highest BCUT2D eigenvalue weighted by Gasteiger charge is 2.31. The molecular weight excluding hydrogens is 313 g/mol. The largest absolute Gasteiger partial charge is 0.573 e. The van der Waals surface area contributed by atoms with Crippen molar-refractivity contribution in [1.82, 2.24) is 25.5 Å². The van der Waals surface area contributed by atoms with Gasteiger partial charge < -0.3 is 15.0 Å². The molecule has 0 spiro atoms. The molecule has 0 aliphatic carbocycles. The first-order valence-corrected chi connectivity index (χ1v) is 6.85. The van der Waals surface area contributed by atoms with Crippen molar-refractivity contribution in [3.05, 3.63) is 29.8 Å². The van der Waals surface area contributed by atoms with Crippen LogP contribution in [-0.2, 0) is 6.54 Å². The van der Waals surface area contributed by atoms with Gasteiger partial charge in [-0.05, 0) is 35.2 Å². The van der Waals surface area contributed by atoms with E-state index >= 15 is 0 Å². The Morgan fingerprint density at radius 2 is 2.13 bits per heavy atom. The van der Waals surface area contributed by atoms with Crippen LogP contribution >= 0.6 is 0 Å². The summed E-state index contributed by atoms with van der Waals surface area (Å²) in [7, 11) is 3.67. The fourth-order valence-corrected chi connectivity index (χ4v) is 1.97. The van der Waals surface area contributed by atoms with E-state index in [4.69, 9.17) is 0 Å². The van der Waals surface area contributed by atoms with Crippen LogP contribution in [0.5, 0.6) is 5.75 Å². The molecule has 0 fully saturated rings. The van der Waals surface area contributed by atoms with E-state index in [2.05, 4.69) is 25.6 Å². The quantitative estimate of drug-likeness (QED) is 0.825. The van der Waals surface area contributed by atoms with E-state index in [1.54, 1.807) is 6.07 Å². The Morgan fingerprint density at radius 1 is 1.35 bits per heavy atom. The number of halogens is 3. The molecule has 1 aromatic heterocycles. The zero-order valence-corrected chi connectivity index (χ0v) is 12.7. The first kappa shape index (κ1) is 17.0. The highest BCUT2D eigenvalue weighted by Crippen LogP contribution is 2.23. The Kier molecular flexibility index (Phi) is 5.37. The van der Waals surface area contributed by atoms with E-state index in [-0.39, 0.29) is 12.3 Å². The number of anilines is 1. The second-order valence-corrected chi connectivity index (χ2v) is 4.86. The monoisotopic (exact) mass is 330 g/mol. The molecule has 0 unspecified atom stereocenters. The molecule has 0 bridgehead atoms. The molecule has 7 nitrogen and oxygen atoms in total. The molecular formula is C13H17F3N6O. The van der Waals surface area contributed by atoms with Gasteiger partial charge in [-0.1, -0.05) is 17.2 Å². The van der Waals surface area contributed by atoms with Crippen molar-refractivity contribution in [3.63, 3.8) is 0 Å². The molecule has 0 saturated heterocycles. The van der Waals surface area contributed by atoms with Crippen LogP contribution in [0.25, 0.3) is 0 Å². The minimum atomic E-state index is -4.72. The van der Waals surface area contributed by atoms with E-state index in [1.165, 1.54) is 22.9 Å². The minimum absolute atomic E-state index is 0.237. The molecule has 23 heavy (non-hydrogen) atoms. The molecule has 0 atom stereocenters. The molecule has 0 aliphatic heterocycles. The van der Waals surface area contributed by atoms with Crippen LogP contribution in [0.3, 0.4) is 0 Å². The Hall–Kier alpha value is -2.36. The smallest absolute Gasteiger partial charge is 0.406 e. The van der Waals surface area contributed by atoms with Crippen LogP contribution in [0.2, 0.25) is 0 Å². The number of ether oxygens (including phenoxy) is 1. The average Bonchev–Trinajstić information content (AvgIpc) is 2.91. The normalized spacial score (nSPS) is 11.5. The van der Waals surface area contributed by atoms with Gasteiger partial charge in [0.1, 0.15) is 5.75 Å². The van der Waals surface area contributed by atoms with Crippen molar-refractivity contribution in [1.29, 1.82) is 0 Å². The summed E-state index contributed by atoms with van der Waals surface area (Å²) in [5.74, 6) is 0.260. The second-order valence-electron chi connectivity index (χ2n) is 4.86. The van der Waals surface area contributed by atoms with Gasteiger partial charge in [0.05, 0.1) is 6.54 Å². The number of nitrogens with one attached hydrogen (secondary N) is 1. The molecule has 2 aromatic rings. The maximum Gasteiger partial charge on any atom is 0.573 e. The summed E-state index contributed by atoms with van der Waals surface area (Å²) in [6.45, 7) is 1.67. The third-order valence-electron chi connectivity index (χ3n) is 3.02. The maximum absolute atomic E-state index is 12.3. The van der Waals surface area contributed by atoms with Gasteiger partial charge in [-0.15, -0.1) is 13.2 Å². The predicted octanol–water partition coefficient (Wildman–Crippen LogP) is 1.28. The molecule has 0 aliphatic rings. The highest BCUT2D eigenvalue weighted by molar-refractivity contribution is 5.31. The topological polar surface area (TPSA) is 68.1 Å². The van der Waals surface area contributed by atoms with Gasteiger partial charge in [-0.25, -0.2) is 4.68 Å². The molecule has 10 heteroatoms. The Balaban J connectivity index is 2.11. The number of alkyl halides is 3. The molecule has 0 radical (unpaired) electrons. The zero-order chi connectivity index (χ0) is 16.9. The number of nitrogens with zero attached hydrogens (tertiary/aromatic N) is 5. The van der Waals surface area contributed by atoms with E-state index in [0.29, 0.717) is 18.1 Å². The van der Waals surface area contributed by atoms with E-state index in [9.17, 15) is 13.2 Å². The fraction of sp³-hybridized carbons (Fsp3) is 0.462. The summed E-state index contributed by atoms with van der Waals surface area (Å²) < 4.78 is 42.2. The van der Waals surface area contributed by atoms with Gasteiger partial charge in [0.25, 0.3) is 0 Å². The van der Waals surface area contributed by atoms with Crippen molar-refractivity contribution in [2.45, 2.75) is 12.9 Å². The first-order valence-electron chi connectivity index (χ1n) is 6.85. The zero-order valence-electron chi connectivity index (χ0n) is 12.7. The van der Waals surface area contributed by atoms with Crippen LogP contribution in [0.1, 0.15) is 5.56 Å². The predicted molar refractivity (Wildman–Crippen MR) is 77.2 cm³/mol. The minimum Gasteiger partial charge on any atom is -0.406 e. The summed E-state index contributed by atoms with van der Waals surface area (Å²) >= 11 is 0. The fourth-order valence-electron chi connectivity index (χ4n) is 1.97. The standard InChI is InChI=1S/C13H17F3N6O/c1-17-6-7-21(2)12-18-19-20-22(12)9-10-4-3-5-11(8-10)23-13(14,15)16/h3-5,8,17H,6-7,9H2,1-2H3. The third-order valence-corrected chi connectivity index (χ3v) is 3.02. The van der Waals surface area contributed by atoms with Crippen molar-refractivity contribution >= 4 is 5.95 Å². The summed E-state index contributed by atoms with van der Waals surface area (Å²) in [6, 6.07) is 5.73. The lowest BCUT2D eigenvalue weighted by Crippen LogP contribution is -2.29. The van der Waals surface area contributed by atoms with Gasteiger partial charge >= 0.3 is 6.36 Å². The van der Waals surface area contributed by atoms with Crippen molar-refractivity contribution < 1.29 is 17.9 Å². The number of aromatic nitrogens is 4. The second kappa shape index (κ2) is 7.27. The van der Waals surface area contributed by atoms with Gasteiger partial charge in [0.15, 0.2) is 0 Å². The lowest BCUT2D eigenvalue weighted by atomic mass is 10.2. The van der Waals surface area contributed by atoms with Gasteiger partial charge in [-0.3, -0.25) is 0 Å². The van der Waals surface area contributed by atoms with Crippen LogP contribution in [-0.4, -0.2) is 53.8 Å². The Morgan fingerprint density at radius 3 is 2.83 bits per heavy atom. The number of tetrazole rings is 1. The third kappa shape index (κ3) is 5.09. The van der Waals surface area contributed by atoms with Gasteiger partial charge in [0, 0.05) is 20.1 Å². The number of likely N-dealkylation sites (N-methyl/N-ethyl adjacent to an activating group) is 2. The number of hydrogen-bond acceptors (Lipinski definition) is 6. The summed E-state index contributed by atoms with van der Waals surface area (Å²) in [6.07, 6.45) is -4.72. The highest BCUT2D eigenvalue weighted by atomic mass is 19.4.